The van der Waals surface area contributed by atoms with Crippen LogP contribution in [0.3, 0.4) is 0 Å². The molecule has 3 heteroatoms. The first kappa shape index (κ1) is 11.8. The van der Waals surface area contributed by atoms with Crippen molar-refractivity contribution < 1.29 is 0 Å². The molecule has 2 N–H and O–H groups in total. The third-order valence-electron chi connectivity index (χ3n) is 2.57. The van der Waals surface area contributed by atoms with Crippen molar-refractivity contribution in [2.24, 2.45) is 0 Å². The van der Waals surface area contributed by atoms with Gasteiger partial charge in [0.05, 0.1) is 0 Å². The average molecular weight is 211 g/mol. The lowest BCUT2D eigenvalue weighted by Crippen LogP contribution is -1.98. The van der Waals surface area contributed by atoms with Crippen LogP contribution in [0.1, 0.15) is 23.6 Å². The molecular weight excluding hydrogens is 198 g/mol. The Labute approximate surface area is 95.4 Å². The van der Waals surface area contributed by atoms with Crippen molar-refractivity contribution in [1.82, 2.24) is 0 Å². The van der Waals surface area contributed by atoms with Crippen LogP contribution < -0.4 is 5.73 Å². The average Bonchev–Trinajstić information content (AvgIpc) is 2.29. The zero-order valence-electron chi connectivity index (χ0n) is 9.41. The minimum absolute atomic E-state index is 0.106. The summed E-state index contributed by atoms with van der Waals surface area (Å²) in [6, 6.07) is 7.34. The summed E-state index contributed by atoms with van der Waals surface area (Å²) in [5, 5.41) is 17.4. The summed E-state index contributed by atoms with van der Waals surface area (Å²) in [5.74, 6) is 0. The Morgan fingerprint density at radius 2 is 2.00 bits per heavy atom. The Hall–Kier alpha value is -2.26. The molecule has 0 saturated carbocycles. The molecule has 0 amide bonds. The summed E-state index contributed by atoms with van der Waals surface area (Å²) in [5.41, 5.74) is 9.69. The molecule has 0 aliphatic rings. The number of anilines is 1. The molecule has 0 fully saturated rings. The molecule has 3 nitrogen and oxygen atoms in total. The second-order valence-electron chi connectivity index (χ2n) is 3.48. The van der Waals surface area contributed by atoms with Gasteiger partial charge in [-0.3, -0.25) is 0 Å². The first-order valence-corrected chi connectivity index (χ1v) is 5.03. The van der Waals surface area contributed by atoms with Crippen molar-refractivity contribution in [3.05, 3.63) is 34.4 Å². The molecular formula is C13H13N3. The maximum absolute atomic E-state index is 8.69. The van der Waals surface area contributed by atoms with Crippen LogP contribution in [0.4, 0.5) is 5.69 Å². The first-order valence-electron chi connectivity index (χ1n) is 5.03. The molecule has 0 aliphatic carbocycles. The van der Waals surface area contributed by atoms with E-state index in [4.69, 9.17) is 16.3 Å². The molecule has 0 spiro atoms. The molecule has 0 saturated heterocycles. The fourth-order valence-electron chi connectivity index (χ4n) is 1.67. The minimum Gasteiger partial charge on any atom is -0.398 e. The molecule has 1 aromatic carbocycles. The van der Waals surface area contributed by atoms with Gasteiger partial charge in [-0.05, 0) is 42.2 Å². The fraction of sp³-hybridized carbons (Fsp3) is 0.231. The lowest BCUT2D eigenvalue weighted by molar-refractivity contribution is 1.11. The van der Waals surface area contributed by atoms with Crippen LogP contribution in [0.25, 0.3) is 6.08 Å². The molecule has 1 aromatic rings. The maximum Gasteiger partial charge on any atom is 0.130 e. The SMILES string of the molecule is CCc1c(N)ccc(C=C(C#N)C#N)c1C. The molecule has 1 rings (SSSR count). The van der Waals surface area contributed by atoms with Crippen molar-refractivity contribution in [2.75, 3.05) is 5.73 Å². The Morgan fingerprint density at radius 3 is 2.50 bits per heavy atom. The van der Waals surface area contributed by atoms with Gasteiger partial charge in [-0.1, -0.05) is 13.0 Å². The molecule has 0 bridgehead atoms. The number of benzene rings is 1. The van der Waals surface area contributed by atoms with Crippen LogP contribution in [-0.4, -0.2) is 0 Å². The van der Waals surface area contributed by atoms with Crippen molar-refractivity contribution in [3.63, 3.8) is 0 Å². The highest BCUT2D eigenvalue weighted by molar-refractivity contribution is 5.68. The zero-order valence-corrected chi connectivity index (χ0v) is 9.41. The predicted molar refractivity (Wildman–Crippen MR) is 64.2 cm³/mol. The maximum atomic E-state index is 8.69. The number of allylic oxidation sites excluding steroid dienone is 1. The van der Waals surface area contributed by atoms with Gasteiger partial charge in [0, 0.05) is 5.69 Å². The molecule has 0 radical (unpaired) electrons. The molecule has 0 unspecified atom stereocenters. The van der Waals surface area contributed by atoms with Gasteiger partial charge in [-0.25, -0.2) is 0 Å². The molecule has 0 heterocycles. The van der Waals surface area contributed by atoms with Crippen LogP contribution in [0.2, 0.25) is 0 Å². The fourth-order valence-corrected chi connectivity index (χ4v) is 1.67. The second kappa shape index (κ2) is 5.00. The van der Waals surface area contributed by atoms with Gasteiger partial charge in [0.25, 0.3) is 0 Å². The van der Waals surface area contributed by atoms with E-state index < -0.39 is 0 Å². The Bertz CT molecular complexity index is 497. The lowest BCUT2D eigenvalue weighted by atomic mass is 9.97. The summed E-state index contributed by atoms with van der Waals surface area (Å²) in [6.45, 7) is 3.98. The normalized spacial score (nSPS) is 9.00. The predicted octanol–water partition coefficient (Wildman–Crippen LogP) is 2.57. The van der Waals surface area contributed by atoms with Gasteiger partial charge < -0.3 is 5.73 Å². The van der Waals surface area contributed by atoms with Crippen LogP contribution in [0.5, 0.6) is 0 Å². The summed E-state index contributed by atoms with van der Waals surface area (Å²) >= 11 is 0. The van der Waals surface area contributed by atoms with E-state index in [2.05, 4.69) is 0 Å². The molecule has 0 aromatic heterocycles. The number of nitrogen functional groups attached to an aromatic ring is 1. The van der Waals surface area contributed by atoms with E-state index in [-0.39, 0.29) is 5.57 Å². The topological polar surface area (TPSA) is 73.6 Å². The summed E-state index contributed by atoms with van der Waals surface area (Å²) < 4.78 is 0. The number of nitriles is 2. The summed E-state index contributed by atoms with van der Waals surface area (Å²) in [6.07, 6.45) is 2.43. The number of nitrogens with zero attached hydrogens (tertiary/aromatic N) is 2. The van der Waals surface area contributed by atoms with Gasteiger partial charge >= 0.3 is 0 Å². The van der Waals surface area contributed by atoms with Gasteiger partial charge in [0.1, 0.15) is 17.7 Å². The van der Waals surface area contributed by atoms with E-state index >= 15 is 0 Å². The molecule has 0 aliphatic heterocycles. The van der Waals surface area contributed by atoms with E-state index in [1.54, 1.807) is 6.08 Å². The molecule has 80 valence electrons. The van der Waals surface area contributed by atoms with Gasteiger partial charge in [-0.15, -0.1) is 0 Å². The second-order valence-corrected chi connectivity index (χ2v) is 3.48. The van der Waals surface area contributed by atoms with Gasteiger partial charge in [0.15, 0.2) is 0 Å². The minimum atomic E-state index is 0.106. The van der Waals surface area contributed by atoms with Gasteiger partial charge in [0.2, 0.25) is 0 Å². The third-order valence-corrected chi connectivity index (χ3v) is 2.57. The Morgan fingerprint density at radius 1 is 1.38 bits per heavy atom. The molecule has 16 heavy (non-hydrogen) atoms. The van der Waals surface area contributed by atoms with E-state index in [0.29, 0.717) is 0 Å². The third kappa shape index (κ3) is 2.21. The Kier molecular flexibility index (Phi) is 3.69. The van der Waals surface area contributed by atoms with E-state index in [9.17, 15) is 0 Å². The highest BCUT2D eigenvalue weighted by atomic mass is 14.6. The van der Waals surface area contributed by atoms with Crippen LogP contribution in [-0.2, 0) is 6.42 Å². The van der Waals surface area contributed by atoms with Crippen molar-refractivity contribution >= 4 is 11.8 Å². The van der Waals surface area contributed by atoms with E-state index in [1.165, 1.54) is 0 Å². The van der Waals surface area contributed by atoms with Crippen LogP contribution >= 0.6 is 0 Å². The van der Waals surface area contributed by atoms with Gasteiger partial charge in [-0.2, -0.15) is 10.5 Å². The Balaban J connectivity index is 3.35. The van der Waals surface area contributed by atoms with Crippen molar-refractivity contribution in [2.45, 2.75) is 20.3 Å². The van der Waals surface area contributed by atoms with Crippen LogP contribution in [0, 0.1) is 29.6 Å². The zero-order chi connectivity index (χ0) is 12.1. The summed E-state index contributed by atoms with van der Waals surface area (Å²) in [7, 11) is 0. The molecule has 0 atom stereocenters. The number of hydrogen-bond acceptors (Lipinski definition) is 3. The lowest BCUT2D eigenvalue weighted by Gasteiger charge is -2.10. The largest absolute Gasteiger partial charge is 0.398 e. The highest BCUT2D eigenvalue weighted by Gasteiger charge is 2.05. The number of hydrogen-bond donors (Lipinski definition) is 1. The quantitative estimate of drug-likeness (QED) is 0.603. The van der Waals surface area contributed by atoms with Crippen LogP contribution in [0.15, 0.2) is 17.7 Å². The first-order chi connectivity index (χ1) is 7.63. The standard InChI is InChI=1S/C13H13N3/c1-3-12-9(2)11(4-5-13(12)16)6-10(7-14)8-15/h4-6H,3,16H2,1-2H3. The monoisotopic (exact) mass is 211 g/mol. The smallest absolute Gasteiger partial charge is 0.130 e. The number of nitrogens with two attached hydrogens (primary N) is 1. The van der Waals surface area contributed by atoms with E-state index in [1.807, 2.05) is 38.1 Å². The van der Waals surface area contributed by atoms with Crippen molar-refractivity contribution in [1.29, 1.82) is 10.5 Å². The highest BCUT2D eigenvalue weighted by Crippen LogP contribution is 2.22. The van der Waals surface area contributed by atoms with Crippen molar-refractivity contribution in [3.8, 4) is 12.1 Å². The number of rotatable bonds is 2. The summed E-state index contributed by atoms with van der Waals surface area (Å²) in [4.78, 5) is 0. The van der Waals surface area contributed by atoms with E-state index in [0.717, 1.165) is 28.8 Å².